The quantitative estimate of drug-likeness (QED) is 0.641. The van der Waals surface area contributed by atoms with Crippen LogP contribution >= 0.6 is 0 Å². The van der Waals surface area contributed by atoms with E-state index in [4.69, 9.17) is 9.47 Å². The first-order chi connectivity index (χ1) is 6.47. The van der Waals surface area contributed by atoms with E-state index in [9.17, 15) is 4.79 Å². The van der Waals surface area contributed by atoms with Crippen LogP contribution in [0.15, 0.2) is 0 Å². The van der Waals surface area contributed by atoms with Gasteiger partial charge in [-0.15, -0.1) is 0 Å². The highest BCUT2D eigenvalue weighted by molar-refractivity contribution is 5.70. The fourth-order valence-electron chi connectivity index (χ4n) is 1.54. The van der Waals surface area contributed by atoms with Crippen molar-refractivity contribution in [2.24, 2.45) is 0 Å². The van der Waals surface area contributed by atoms with Gasteiger partial charge >= 0.3 is 5.97 Å². The molecule has 1 saturated heterocycles. The van der Waals surface area contributed by atoms with Crippen molar-refractivity contribution in [3.8, 4) is 0 Å². The molecular formula is C11H20O3. The summed E-state index contributed by atoms with van der Waals surface area (Å²) < 4.78 is 10.7. The van der Waals surface area contributed by atoms with Gasteiger partial charge in [0.25, 0.3) is 0 Å². The Kier molecular flexibility index (Phi) is 3.93. The van der Waals surface area contributed by atoms with Crippen molar-refractivity contribution < 1.29 is 14.3 Å². The Morgan fingerprint density at radius 1 is 1.43 bits per heavy atom. The minimum atomic E-state index is -0.383. The molecule has 0 amide bonds. The van der Waals surface area contributed by atoms with Crippen LogP contribution in [0.5, 0.6) is 0 Å². The lowest BCUT2D eigenvalue weighted by molar-refractivity contribution is -0.158. The largest absolute Gasteiger partial charge is 0.460 e. The minimum absolute atomic E-state index is 0.0820. The van der Waals surface area contributed by atoms with Gasteiger partial charge in [0.05, 0.1) is 12.5 Å². The normalized spacial score (nSPS) is 23.2. The topological polar surface area (TPSA) is 35.5 Å². The molecule has 1 aliphatic rings. The van der Waals surface area contributed by atoms with E-state index in [1.54, 1.807) is 0 Å². The molecule has 82 valence electrons. The van der Waals surface area contributed by atoms with Gasteiger partial charge in [0.15, 0.2) is 0 Å². The van der Waals surface area contributed by atoms with Crippen LogP contribution in [0.1, 0.15) is 46.5 Å². The van der Waals surface area contributed by atoms with E-state index in [2.05, 4.69) is 0 Å². The Balaban J connectivity index is 2.25. The summed E-state index contributed by atoms with van der Waals surface area (Å²) in [7, 11) is 0. The van der Waals surface area contributed by atoms with E-state index in [1.165, 1.54) is 0 Å². The molecule has 0 saturated carbocycles. The number of esters is 1. The lowest BCUT2D eigenvalue weighted by Gasteiger charge is -2.24. The van der Waals surface area contributed by atoms with Gasteiger partial charge in [-0.3, -0.25) is 4.79 Å². The molecule has 1 fully saturated rings. The number of carbonyl (C=O) groups excluding carboxylic acids is 1. The van der Waals surface area contributed by atoms with Crippen molar-refractivity contribution in [3.05, 3.63) is 0 Å². The van der Waals surface area contributed by atoms with Crippen molar-refractivity contribution >= 4 is 5.97 Å². The second kappa shape index (κ2) is 4.78. The molecule has 0 aromatic carbocycles. The Morgan fingerprint density at radius 3 is 2.64 bits per heavy atom. The molecule has 0 bridgehead atoms. The monoisotopic (exact) mass is 200 g/mol. The average Bonchev–Trinajstić information content (AvgIpc) is 2.02. The molecule has 0 aromatic rings. The van der Waals surface area contributed by atoms with Crippen molar-refractivity contribution in [1.82, 2.24) is 0 Å². The summed E-state index contributed by atoms with van der Waals surface area (Å²) in [5.41, 5.74) is -0.383. The third-order valence-electron chi connectivity index (χ3n) is 2.09. The molecule has 0 N–H and O–H groups in total. The molecule has 1 heterocycles. The fourth-order valence-corrected chi connectivity index (χ4v) is 1.54. The van der Waals surface area contributed by atoms with Gasteiger partial charge in [0, 0.05) is 6.61 Å². The summed E-state index contributed by atoms with van der Waals surface area (Å²) in [6.07, 6.45) is 3.74. The Labute approximate surface area is 85.8 Å². The molecule has 3 heteroatoms. The van der Waals surface area contributed by atoms with E-state index in [1.807, 2.05) is 20.8 Å². The lowest BCUT2D eigenvalue weighted by atomic mass is 10.1. The predicted molar refractivity (Wildman–Crippen MR) is 54.1 cm³/mol. The highest BCUT2D eigenvalue weighted by Gasteiger charge is 2.22. The second-order valence-electron chi connectivity index (χ2n) is 4.78. The Morgan fingerprint density at radius 2 is 2.14 bits per heavy atom. The van der Waals surface area contributed by atoms with Crippen LogP contribution in [0.2, 0.25) is 0 Å². The van der Waals surface area contributed by atoms with Crippen LogP contribution < -0.4 is 0 Å². The molecule has 0 aromatic heterocycles. The maximum atomic E-state index is 11.4. The molecular weight excluding hydrogens is 180 g/mol. The van der Waals surface area contributed by atoms with Crippen LogP contribution in [0.4, 0.5) is 0 Å². The number of carbonyl (C=O) groups is 1. The molecule has 1 atom stereocenters. The van der Waals surface area contributed by atoms with Crippen LogP contribution in [0, 0.1) is 0 Å². The van der Waals surface area contributed by atoms with E-state index < -0.39 is 0 Å². The van der Waals surface area contributed by atoms with E-state index in [-0.39, 0.29) is 17.7 Å². The van der Waals surface area contributed by atoms with E-state index in [0.29, 0.717) is 6.42 Å². The van der Waals surface area contributed by atoms with Crippen LogP contribution in [-0.2, 0) is 14.3 Å². The third kappa shape index (κ3) is 4.61. The van der Waals surface area contributed by atoms with Crippen molar-refractivity contribution in [2.45, 2.75) is 58.2 Å². The maximum absolute atomic E-state index is 11.4. The zero-order valence-corrected chi connectivity index (χ0v) is 9.34. The van der Waals surface area contributed by atoms with E-state index in [0.717, 1.165) is 25.9 Å². The van der Waals surface area contributed by atoms with Gasteiger partial charge < -0.3 is 9.47 Å². The smallest absolute Gasteiger partial charge is 0.308 e. The summed E-state index contributed by atoms with van der Waals surface area (Å²) in [5.74, 6) is -0.149. The van der Waals surface area contributed by atoms with Gasteiger partial charge in [-0.2, -0.15) is 0 Å². The third-order valence-corrected chi connectivity index (χ3v) is 2.09. The maximum Gasteiger partial charge on any atom is 0.308 e. The lowest BCUT2D eigenvalue weighted by Crippen LogP contribution is -2.29. The molecule has 0 aliphatic carbocycles. The van der Waals surface area contributed by atoms with Gasteiger partial charge in [-0.05, 0) is 40.0 Å². The first kappa shape index (κ1) is 11.5. The first-order valence-electron chi connectivity index (χ1n) is 5.31. The summed E-state index contributed by atoms with van der Waals surface area (Å²) >= 11 is 0. The van der Waals surface area contributed by atoms with E-state index >= 15 is 0 Å². The zero-order chi connectivity index (χ0) is 10.6. The van der Waals surface area contributed by atoms with Crippen molar-refractivity contribution in [3.63, 3.8) is 0 Å². The van der Waals surface area contributed by atoms with Gasteiger partial charge in [0.2, 0.25) is 0 Å². The average molecular weight is 200 g/mol. The highest BCUT2D eigenvalue weighted by atomic mass is 16.6. The molecule has 14 heavy (non-hydrogen) atoms. The van der Waals surface area contributed by atoms with Gasteiger partial charge in [-0.1, -0.05) is 0 Å². The predicted octanol–water partition coefficient (Wildman–Crippen LogP) is 2.29. The molecule has 0 spiro atoms. The highest BCUT2D eigenvalue weighted by Crippen LogP contribution is 2.17. The van der Waals surface area contributed by atoms with Gasteiger partial charge in [-0.25, -0.2) is 0 Å². The van der Waals surface area contributed by atoms with Crippen LogP contribution in [0.25, 0.3) is 0 Å². The number of hydrogen-bond donors (Lipinski definition) is 0. The SMILES string of the molecule is CC(C)(C)OC(=O)CC1CCCCO1. The molecule has 1 rings (SSSR count). The zero-order valence-electron chi connectivity index (χ0n) is 9.34. The minimum Gasteiger partial charge on any atom is -0.460 e. The number of rotatable bonds is 2. The molecule has 1 aliphatic heterocycles. The molecule has 1 unspecified atom stereocenters. The summed E-state index contributed by atoms with van der Waals surface area (Å²) in [5, 5.41) is 0. The Bertz CT molecular complexity index is 187. The van der Waals surface area contributed by atoms with Crippen molar-refractivity contribution in [1.29, 1.82) is 0 Å². The number of ether oxygens (including phenoxy) is 2. The summed E-state index contributed by atoms with van der Waals surface area (Å²) in [6, 6.07) is 0. The van der Waals surface area contributed by atoms with Crippen LogP contribution in [-0.4, -0.2) is 24.3 Å². The number of hydrogen-bond acceptors (Lipinski definition) is 3. The van der Waals surface area contributed by atoms with Crippen LogP contribution in [0.3, 0.4) is 0 Å². The van der Waals surface area contributed by atoms with Gasteiger partial charge in [0.1, 0.15) is 5.60 Å². The second-order valence-corrected chi connectivity index (χ2v) is 4.78. The Hall–Kier alpha value is -0.570. The standard InChI is InChI=1S/C11H20O3/c1-11(2,3)14-10(12)8-9-6-4-5-7-13-9/h9H,4-8H2,1-3H3. The summed E-state index contributed by atoms with van der Waals surface area (Å²) in [6.45, 7) is 6.43. The fraction of sp³-hybridized carbons (Fsp3) is 0.909. The van der Waals surface area contributed by atoms with Crippen molar-refractivity contribution in [2.75, 3.05) is 6.61 Å². The molecule has 3 nitrogen and oxygen atoms in total. The molecule has 0 radical (unpaired) electrons. The first-order valence-corrected chi connectivity index (χ1v) is 5.31. The summed E-state index contributed by atoms with van der Waals surface area (Å²) in [4.78, 5) is 11.4.